The van der Waals surface area contributed by atoms with Crippen LogP contribution in [0.3, 0.4) is 0 Å². The van der Waals surface area contributed by atoms with E-state index in [1.165, 1.54) is 0 Å². The first-order valence-corrected chi connectivity index (χ1v) is 18.7. The first-order valence-electron chi connectivity index (χ1n) is 18.4. The zero-order chi connectivity index (χ0) is 44.7. The second-order valence-corrected chi connectivity index (χ2v) is 14.3. The van der Waals surface area contributed by atoms with Gasteiger partial charge in [-0.25, -0.2) is 9.59 Å². The molecule has 1 aromatic heterocycles. The molecule has 1 saturated heterocycles. The minimum absolute atomic E-state index is 0.117. The predicted octanol–water partition coefficient (Wildman–Crippen LogP) is 7.11. The van der Waals surface area contributed by atoms with E-state index < -0.39 is 24.9 Å². The average Bonchev–Trinajstić information content (AvgIpc) is 3.63. The minimum atomic E-state index is -5.08. The molecular formula is C40H47ClF6N6O7. The van der Waals surface area contributed by atoms with Crippen molar-refractivity contribution in [2.24, 2.45) is 5.92 Å². The quantitative estimate of drug-likeness (QED) is 0.107. The molecule has 3 aromatic carbocycles. The number of hydrogen-bond donors (Lipinski definition) is 4. The van der Waals surface area contributed by atoms with Crippen LogP contribution in [0.1, 0.15) is 24.0 Å². The van der Waals surface area contributed by atoms with Gasteiger partial charge in [-0.2, -0.15) is 26.3 Å². The summed E-state index contributed by atoms with van der Waals surface area (Å²) < 4.78 is 66.1. The van der Waals surface area contributed by atoms with Crippen LogP contribution in [0.5, 0.6) is 5.75 Å². The topological polar surface area (TPSA) is 159 Å². The number of aromatic amines is 1. The van der Waals surface area contributed by atoms with Crippen LogP contribution in [-0.4, -0.2) is 129 Å². The van der Waals surface area contributed by atoms with E-state index in [2.05, 4.69) is 46.3 Å². The fourth-order valence-corrected chi connectivity index (χ4v) is 7.17. The van der Waals surface area contributed by atoms with Crippen LogP contribution < -0.4 is 19.9 Å². The third-order valence-electron chi connectivity index (χ3n) is 9.56. The molecule has 20 heteroatoms. The molecular weight excluding hydrogens is 826 g/mol. The lowest BCUT2D eigenvalue weighted by Gasteiger charge is -2.40. The molecule has 0 spiro atoms. The molecule has 328 valence electrons. The monoisotopic (exact) mass is 872 g/mol. The maximum atomic E-state index is 14.8. The Bertz CT molecular complexity index is 2030. The number of carboxylic acids is 1. The van der Waals surface area contributed by atoms with Crippen molar-refractivity contribution in [3.63, 3.8) is 0 Å². The number of H-pyrrole nitrogens is 1. The Morgan fingerprint density at radius 3 is 2.22 bits per heavy atom. The van der Waals surface area contributed by atoms with Crippen molar-refractivity contribution < 1.29 is 60.5 Å². The molecule has 4 N–H and O–H groups in total. The summed E-state index contributed by atoms with van der Waals surface area (Å²) in [6.07, 6.45) is -2.28. The van der Waals surface area contributed by atoms with E-state index in [0.29, 0.717) is 37.7 Å². The van der Waals surface area contributed by atoms with Crippen molar-refractivity contribution in [2.45, 2.75) is 38.2 Å². The number of hydrogen-bond acceptors (Lipinski definition) is 7. The summed E-state index contributed by atoms with van der Waals surface area (Å²) in [5.41, 5.74) is 4.98. The number of ether oxygens (including phenoxy) is 1. The highest BCUT2D eigenvalue weighted by Crippen LogP contribution is 2.35. The predicted molar refractivity (Wildman–Crippen MR) is 215 cm³/mol. The fourth-order valence-electron chi connectivity index (χ4n) is 6.98. The molecule has 2 aliphatic heterocycles. The second kappa shape index (κ2) is 22.6. The zero-order valence-corrected chi connectivity index (χ0v) is 33.9. The second-order valence-electron chi connectivity index (χ2n) is 13.9. The standard InChI is InChI=1S/C36H43ClN6O3.C2HF3O2.CHF3.CH2O2/c1-24(31-21-38-32-11-6-5-10-30(31)32)34(35(44)43-23-25(22-40(2)3)18-26-19-27(37)12-13-33(26)43)39-36(45)42-16-14-41(15-17-42)28-8-7-9-29(20-28)46-4;3-2(4,5)1(6)7;2-1(3)4;2-1-3/h5-13,19-21,24-25,34,38H,14-18,22-23H2,1-4H3,(H,39,45);(H,6,7);1H;1H,(H,2,3)/t24?,25-,34?;;;/m1.../s1. The van der Waals surface area contributed by atoms with E-state index >= 15 is 0 Å². The normalized spacial score (nSPS) is 15.9. The largest absolute Gasteiger partial charge is 0.497 e. The van der Waals surface area contributed by atoms with Gasteiger partial charge >= 0.3 is 24.9 Å². The van der Waals surface area contributed by atoms with Crippen molar-refractivity contribution in [3.8, 4) is 5.75 Å². The number of carbonyl (C=O) groups is 4. The first-order chi connectivity index (χ1) is 28.3. The zero-order valence-electron chi connectivity index (χ0n) is 33.1. The van der Waals surface area contributed by atoms with E-state index in [0.717, 1.165) is 52.1 Å². The number of aliphatic carboxylic acids is 1. The number of nitrogens with zero attached hydrogens (tertiary/aromatic N) is 4. The van der Waals surface area contributed by atoms with E-state index in [9.17, 15) is 35.9 Å². The number of piperazine rings is 1. The Labute approximate surface area is 347 Å². The van der Waals surface area contributed by atoms with Gasteiger partial charge in [0.2, 0.25) is 5.91 Å². The van der Waals surface area contributed by atoms with Crippen LogP contribution >= 0.6 is 11.6 Å². The van der Waals surface area contributed by atoms with Gasteiger partial charge in [-0.15, -0.1) is 0 Å². The molecule has 3 amide bonds. The number of methoxy groups -OCH3 is 1. The minimum Gasteiger partial charge on any atom is -0.497 e. The van der Waals surface area contributed by atoms with Gasteiger partial charge in [-0.3, -0.25) is 9.59 Å². The third kappa shape index (κ3) is 14.0. The molecule has 2 unspecified atom stereocenters. The number of aromatic nitrogens is 1. The van der Waals surface area contributed by atoms with E-state index in [1.807, 2.05) is 77.5 Å². The average molecular weight is 873 g/mol. The molecule has 0 aliphatic carbocycles. The van der Waals surface area contributed by atoms with Crippen LogP contribution in [0.25, 0.3) is 10.9 Å². The molecule has 0 radical (unpaired) electrons. The molecule has 0 bridgehead atoms. The molecule has 13 nitrogen and oxygen atoms in total. The Morgan fingerprint density at radius 2 is 1.63 bits per heavy atom. The molecule has 0 saturated carbocycles. The van der Waals surface area contributed by atoms with E-state index in [1.54, 1.807) is 7.11 Å². The van der Waals surface area contributed by atoms with Crippen LogP contribution in [-0.2, 0) is 20.8 Å². The van der Waals surface area contributed by atoms with Crippen LogP contribution in [0.15, 0.2) is 72.9 Å². The third-order valence-corrected chi connectivity index (χ3v) is 9.79. The Morgan fingerprint density at radius 1 is 1.02 bits per heavy atom. The smallest absolute Gasteiger partial charge is 0.490 e. The van der Waals surface area contributed by atoms with E-state index in [4.69, 9.17) is 36.1 Å². The highest BCUT2D eigenvalue weighted by molar-refractivity contribution is 6.30. The van der Waals surface area contributed by atoms with Crippen LogP contribution in [0.2, 0.25) is 5.02 Å². The summed E-state index contributed by atoms with van der Waals surface area (Å²) in [7, 11) is 5.77. The number of benzene rings is 3. The Balaban J connectivity index is 0.000000596. The number of alkyl halides is 6. The van der Waals surface area contributed by atoms with Gasteiger partial charge in [0.05, 0.1) is 7.11 Å². The summed E-state index contributed by atoms with van der Waals surface area (Å²) in [5.74, 6) is -2.13. The van der Waals surface area contributed by atoms with Crippen LogP contribution in [0.4, 0.5) is 42.5 Å². The van der Waals surface area contributed by atoms with Gasteiger partial charge in [0, 0.05) is 84.7 Å². The lowest BCUT2D eigenvalue weighted by Crippen LogP contribution is -2.58. The van der Waals surface area contributed by atoms with Crippen LogP contribution in [0, 0.1) is 5.92 Å². The number of rotatable bonds is 8. The number of anilines is 2. The summed E-state index contributed by atoms with van der Waals surface area (Å²) in [6, 6.07) is 20.8. The number of carbonyl (C=O) groups excluding carboxylic acids is 2. The van der Waals surface area contributed by atoms with Gasteiger partial charge in [-0.1, -0.05) is 42.8 Å². The molecule has 3 atom stereocenters. The van der Waals surface area contributed by atoms with Crippen molar-refractivity contribution in [1.82, 2.24) is 20.1 Å². The fraction of sp³-hybridized carbons (Fsp3) is 0.400. The maximum Gasteiger partial charge on any atom is 0.490 e. The summed E-state index contributed by atoms with van der Waals surface area (Å²) >= 11 is 6.42. The summed E-state index contributed by atoms with van der Waals surface area (Å²) in [5, 5.41) is 18.9. The number of nitrogens with one attached hydrogen (secondary N) is 2. The first kappa shape index (κ1) is 48.7. The van der Waals surface area contributed by atoms with Gasteiger partial charge in [0.1, 0.15) is 11.8 Å². The number of urea groups is 1. The highest BCUT2D eigenvalue weighted by atomic mass is 35.5. The summed E-state index contributed by atoms with van der Waals surface area (Å²) in [6.45, 7) is 1.97. The number of amides is 3. The molecule has 6 rings (SSSR count). The molecule has 1 fully saturated rings. The Kier molecular flexibility index (Phi) is 18.3. The van der Waals surface area contributed by atoms with Crippen molar-refractivity contribution >= 4 is 58.3 Å². The molecule has 60 heavy (non-hydrogen) atoms. The highest BCUT2D eigenvalue weighted by Gasteiger charge is 2.39. The van der Waals surface area contributed by atoms with Gasteiger partial charge in [-0.05, 0) is 74.0 Å². The maximum absolute atomic E-state index is 14.8. The van der Waals surface area contributed by atoms with Gasteiger partial charge in [0.15, 0.2) is 0 Å². The van der Waals surface area contributed by atoms with Crippen molar-refractivity contribution in [1.29, 1.82) is 0 Å². The number of halogens is 7. The lowest BCUT2D eigenvalue weighted by atomic mass is 9.88. The molecule has 3 heterocycles. The van der Waals surface area contributed by atoms with Crippen molar-refractivity contribution in [3.05, 3.63) is 89.1 Å². The lowest BCUT2D eigenvalue weighted by molar-refractivity contribution is -0.192. The van der Waals surface area contributed by atoms with E-state index in [-0.39, 0.29) is 30.2 Å². The number of fused-ring (bicyclic) bond motifs is 2. The molecule has 2 aliphatic rings. The SMILES string of the molecule is COc1cccc(N2CCN(C(=O)NC(C(=O)N3C[C@@H](CN(C)C)Cc4cc(Cl)ccc43)C(C)c3c[nH]c4ccccc34)CC2)c1.FC(F)F.O=C(O)C(F)(F)F.O=CO. The van der Waals surface area contributed by atoms with Crippen molar-refractivity contribution in [2.75, 3.05) is 70.3 Å². The summed E-state index contributed by atoms with van der Waals surface area (Å²) in [4.78, 5) is 57.4. The van der Waals surface area contributed by atoms with Gasteiger partial charge in [0.25, 0.3) is 6.47 Å². The molecule has 4 aromatic rings. The van der Waals surface area contributed by atoms with Gasteiger partial charge < -0.3 is 44.9 Å². The number of carboxylic acid groups (broad SMARTS) is 2. The Hall–Kier alpha value is -5.69. The number of para-hydroxylation sites is 1.